The normalized spacial score (nSPS) is 13.6. The van der Waals surface area contributed by atoms with Gasteiger partial charge in [0.25, 0.3) is 0 Å². The maximum Gasteiger partial charge on any atom is 0.0482 e. The molecule has 0 saturated heterocycles. The van der Waals surface area contributed by atoms with Gasteiger partial charge in [-0.3, -0.25) is 0 Å². The van der Waals surface area contributed by atoms with Crippen molar-refractivity contribution in [2.24, 2.45) is 0 Å². The van der Waals surface area contributed by atoms with Crippen LogP contribution in [0.25, 0.3) is 5.52 Å². The van der Waals surface area contributed by atoms with Gasteiger partial charge in [-0.15, -0.1) is 0 Å². The topological polar surface area (TPSA) is 7.65 Å². The Hall–Kier alpha value is -1.28. The zero-order chi connectivity index (χ0) is 10.8. The molecule has 2 aromatic heterocycles. The van der Waals surface area contributed by atoms with Crippen LogP contribution in [-0.2, 0) is 6.42 Å². The number of hydrogen-bond donors (Lipinski definition) is 0. The van der Waals surface area contributed by atoms with Gasteiger partial charge in [-0.05, 0) is 51.2 Å². The predicted octanol–water partition coefficient (Wildman–Crippen LogP) is 2.43. The molecule has 2 heteroatoms. The van der Waals surface area contributed by atoms with E-state index in [1.807, 2.05) is 0 Å². The summed E-state index contributed by atoms with van der Waals surface area (Å²) in [7, 11) is 4.26. The molecule has 0 fully saturated rings. The lowest BCUT2D eigenvalue weighted by Crippen LogP contribution is -2.26. The minimum absolute atomic E-state index is 0.580. The summed E-state index contributed by atoms with van der Waals surface area (Å²) < 4.78 is 2.18. The maximum absolute atomic E-state index is 2.26. The number of hydrogen-bond acceptors (Lipinski definition) is 1. The van der Waals surface area contributed by atoms with E-state index in [1.165, 1.54) is 11.1 Å². The molecule has 1 atom stereocenters. The van der Waals surface area contributed by atoms with Gasteiger partial charge in [-0.1, -0.05) is 6.07 Å². The summed E-state index contributed by atoms with van der Waals surface area (Å²) in [5.74, 6) is 0. The SMILES string of the molecule is CC(Cc1ccn2ccccc12)N(C)C. The van der Waals surface area contributed by atoms with Crippen molar-refractivity contribution in [1.82, 2.24) is 9.30 Å². The Morgan fingerprint density at radius 3 is 2.73 bits per heavy atom. The van der Waals surface area contributed by atoms with Gasteiger partial charge in [-0.2, -0.15) is 0 Å². The first-order valence-corrected chi connectivity index (χ1v) is 5.39. The summed E-state index contributed by atoms with van der Waals surface area (Å²) >= 11 is 0. The molecule has 2 nitrogen and oxygen atoms in total. The molecule has 0 spiro atoms. The second-order valence-corrected chi connectivity index (χ2v) is 4.35. The fraction of sp³-hybridized carbons (Fsp3) is 0.385. The van der Waals surface area contributed by atoms with Gasteiger partial charge in [0.2, 0.25) is 0 Å². The van der Waals surface area contributed by atoms with Crippen molar-refractivity contribution in [3.05, 3.63) is 42.2 Å². The molecule has 0 radical (unpaired) electrons. The van der Waals surface area contributed by atoms with Crippen molar-refractivity contribution in [1.29, 1.82) is 0 Å². The van der Waals surface area contributed by atoms with Crippen molar-refractivity contribution in [3.8, 4) is 0 Å². The van der Waals surface area contributed by atoms with E-state index < -0.39 is 0 Å². The fourth-order valence-corrected chi connectivity index (χ4v) is 1.79. The largest absolute Gasteiger partial charge is 0.324 e. The lowest BCUT2D eigenvalue weighted by molar-refractivity contribution is 0.313. The number of fused-ring (bicyclic) bond motifs is 1. The second kappa shape index (κ2) is 4.07. The maximum atomic E-state index is 2.26. The number of likely N-dealkylation sites (N-methyl/N-ethyl adjacent to an activating group) is 1. The van der Waals surface area contributed by atoms with Gasteiger partial charge in [-0.25, -0.2) is 0 Å². The van der Waals surface area contributed by atoms with E-state index in [-0.39, 0.29) is 0 Å². The second-order valence-electron chi connectivity index (χ2n) is 4.35. The zero-order valence-corrected chi connectivity index (χ0v) is 9.64. The summed E-state index contributed by atoms with van der Waals surface area (Å²) in [4.78, 5) is 2.26. The molecule has 80 valence electrons. The van der Waals surface area contributed by atoms with Gasteiger partial charge in [0, 0.05) is 24.0 Å². The Bertz CT molecular complexity index is 442. The quantitative estimate of drug-likeness (QED) is 0.742. The molecule has 15 heavy (non-hydrogen) atoms. The van der Waals surface area contributed by atoms with Gasteiger partial charge in [0.05, 0.1) is 0 Å². The molecule has 1 unspecified atom stereocenters. The number of rotatable bonds is 3. The monoisotopic (exact) mass is 202 g/mol. The van der Waals surface area contributed by atoms with E-state index in [1.54, 1.807) is 0 Å². The third kappa shape index (κ3) is 2.05. The molecule has 0 aliphatic carbocycles. The predicted molar refractivity (Wildman–Crippen MR) is 64.3 cm³/mol. The van der Waals surface area contributed by atoms with Gasteiger partial charge in [0.15, 0.2) is 0 Å². The van der Waals surface area contributed by atoms with Crippen molar-refractivity contribution >= 4 is 5.52 Å². The minimum Gasteiger partial charge on any atom is -0.324 e. The van der Waals surface area contributed by atoms with E-state index in [2.05, 4.69) is 67.0 Å². The first kappa shape index (κ1) is 10.2. The molecule has 2 aromatic rings. The standard InChI is InChI=1S/C13H18N2/c1-11(14(2)3)10-12-7-9-15-8-5-4-6-13(12)15/h4-9,11H,10H2,1-3H3. The lowest BCUT2D eigenvalue weighted by atomic mass is 10.1. The van der Waals surface area contributed by atoms with Gasteiger partial charge >= 0.3 is 0 Å². The Labute approximate surface area is 91.1 Å². The number of pyridine rings is 1. The van der Waals surface area contributed by atoms with Crippen LogP contribution in [0.5, 0.6) is 0 Å². The average Bonchev–Trinajstić information content (AvgIpc) is 2.62. The van der Waals surface area contributed by atoms with Crippen LogP contribution in [0.15, 0.2) is 36.7 Å². The highest BCUT2D eigenvalue weighted by atomic mass is 15.1. The molecule has 2 heterocycles. The van der Waals surface area contributed by atoms with Gasteiger partial charge < -0.3 is 9.30 Å². The molecular formula is C13H18N2. The molecule has 0 saturated carbocycles. The smallest absolute Gasteiger partial charge is 0.0482 e. The molecular weight excluding hydrogens is 184 g/mol. The lowest BCUT2D eigenvalue weighted by Gasteiger charge is -2.19. The Balaban J connectivity index is 2.29. The van der Waals surface area contributed by atoms with Crippen LogP contribution in [0, 0.1) is 0 Å². The fourth-order valence-electron chi connectivity index (χ4n) is 1.79. The van der Waals surface area contributed by atoms with Crippen molar-refractivity contribution < 1.29 is 0 Å². The van der Waals surface area contributed by atoms with Gasteiger partial charge in [0.1, 0.15) is 0 Å². The molecule has 0 bridgehead atoms. The van der Waals surface area contributed by atoms with Crippen LogP contribution < -0.4 is 0 Å². The van der Waals surface area contributed by atoms with Crippen LogP contribution >= 0.6 is 0 Å². The summed E-state index contributed by atoms with van der Waals surface area (Å²) in [6.07, 6.45) is 5.33. The van der Waals surface area contributed by atoms with Crippen LogP contribution in [0.2, 0.25) is 0 Å². The first-order chi connectivity index (χ1) is 7.18. The Kier molecular flexibility index (Phi) is 2.78. The molecule has 0 amide bonds. The van der Waals surface area contributed by atoms with Crippen LogP contribution in [-0.4, -0.2) is 29.4 Å². The van der Waals surface area contributed by atoms with E-state index in [0.29, 0.717) is 6.04 Å². The summed E-state index contributed by atoms with van der Waals surface area (Å²) in [5, 5.41) is 0. The summed E-state index contributed by atoms with van der Waals surface area (Å²) in [5.41, 5.74) is 2.75. The van der Waals surface area contributed by atoms with E-state index >= 15 is 0 Å². The molecule has 0 aliphatic heterocycles. The highest BCUT2D eigenvalue weighted by molar-refractivity contribution is 5.55. The third-order valence-corrected chi connectivity index (χ3v) is 3.05. The van der Waals surface area contributed by atoms with Crippen molar-refractivity contribution in [2.45, 2.75) is 19.4 Å². The minimum atomic E-state index is 0.580. The summed E-state index contributed by atoms with van der Waals surface area (Å²) in [6.45, 7) is 2.26. The van der Waals surface area contributed by atoms with E-state index in [0.717, 1.165) is 6.42 Å². The summed E-state index contributed by atoms with van der Waals surface area (Å²) in [6, 6.07) is 9.13. The van der Waals surface area contributed by atoms with Crippen LogP contribution in [0.1, 0.15) is 12.5 Å². The Morgan fingerprint density at radius 2 is 2.00 bits per heavy atom. The average molecular weight is 202 g/mol. The Morgan fingerprint density at radius 1 is 1.20 bits per heavy atom. The highest BCUT2D eigenvalue weighted by Gasteiger charge is 2.08. The molecule has 2 rings (SSSR count). The first-order valence-electron chi connectivity index (χ1n) is 5.39. The number of aromatic nitrogens is 1. The highest BCUT2D eigenvalue weighted by Crippen LogP contribution is 2.15. The number of nitrogens with zero attached hydrogens (tertiary/aromatic N) is 2. The van der Waals surface area contributed by atoms with Crippen LogP contribution in [0.4, 0.5) is 0 Å². The van der Waals surface area contributed by atoms with Crippen LogP contribution in [0.3, 0.4) is 0 Å². The third-order valence-electron chi connectivity index (χ3n) is 3.05. The van der Waals surface area contributed by atoms with Crippen molar-refractivity contribution in [2.75, 3.05) is 14.1 Å². The van der Waals surface area contributed by atoms with E-state index in [4.69, 9.17) is 0 Å². The van der Waals surface area contributed by atoms with Crippen molar-refractivity contribution in [3.63, 3.8) is 0 Å². The molecule has 0 N–H and O–H groups in total. The van der Waals surface area contributed by atoms with E-state index in [9.17, 15) is 0 Å². The molecule has 0 aromatic carbocycles. The zero-order valence-electron chi connectivity index (χ0n) is 9.64. The molecule has 0 aliphatic rings.